The molecule has 0 spiro atoms. The van der Waals surface area contributed by atoms with Gasteiger partial charge in [0.25, 0.3) is 0 Å². The molecule has 21 heavy (non-hydrogen) atoms. The summed E-state index contributed by atoms with van der Waals surface area (Å²) >= 11 is 6.01. The minimum atomic E-state index is -0.360. The van der Waals surface area contributed by atoms with Gasteiger partial charge in [0.05, 0.1) is 18.5 Å². The molecule has 114 valence electrons. The summed E-state index contributed by atoms with van der Waals surface area (Å²) in [5, 5.41) is 0. The van der Waals surface area contributed by atoms with E-state index in [4.69, 9.17) is 16.3 Å². The van der Waals surface area contributed by atoms with Gasteiger partial charge >= 0.3 is 0 Å². The van der Waals surface area contributed by atoms with E-state index in [1.807, 2.05) is 36.6 Å². The van der Waals surface area contributed by atoms with Crippen LogP contribution < -0.4 is 4.74 Å². The zero-order valence-corrected chi connectivity index (χ0v) is 13.5. The summed E-state index contributed by atoms with van der Waals surface area (Å²) in [5.41, 5.74) is 1.59. The van der Waals surface area contributed by atoms with E-state index in [9.17, 15) is 4.79 Å². The van der Waals surface area contributed by atoms with E-state index in [0.29, 0.717) is 18.1 Å². The first-order chi connectivity index (χ1) is 10.0. The van der Waals surface area contributed by atoms with Crippen molar-refractivity contribution in [3.8, 4) is 5.75 Å². The number of halogens is 1. The number of carbonyl (C=O) groups excluding carboxylic acids is 1. The van der Waals surface area contributed by atoms with Crippen molar-refractivity contribution in [3.63, 3.8) is 0 Å². The number of para-hydroxylation sites is 1. The molecule has 1 heterocycles. The Morgan fingerprint density at radius 2 is 2.24 bits per heavy atom. The van der Waals surface area contributed by atoms with Gasteiger partial charge in [-0.25, -0.2) is 4.98 Å². The summed E-state index contributed by atoms with van der Waals surface area (Å²) in [7, 11) is 3.40. The fraction of sp³-hybridized carbons (Fsp3) is 0.467. The molecule has 1 aromatic heterocycles. The number of nitrogens with zero attached hydrogens (tertiary/aromatic N) is 3. The number of aromatic nitrogens is 2. The van der Waals surface area contributed by atoms with Crippen molar-refractivity contribution < 1.29 is 9.53 Å². The predicted molar refractivity (Wildman–Crippen MR) is 83.9 cm³/mol. The molecule has 6 heteroatoms. The Kier molecular flexibility index (Phi) is 4.73. The smallest absolute Gasteiger partial charge is 0.245 e. The Balaban J connectivity index is 2.59. The van der Waals surface area contributed by atoms with Crippen LogP contribution >= 0.6 is 11.6 Å². The number of fused-ring (bicyclic) bond motifs is 1. The van der Waals surface area contributed by atoms with Crippen molar-refractivity contribution in [2.24, 2.45) is 0 Å². The summed E-state index contributed by atoms with van der Waals surface area (Å²) in [4.78, 5) is 18.7. The minimum Gasteiger partial charge on any atom is -0.494 e. The molecule has 0 radical (unpaired) electrons. The van der Waals surface area contributed by atoms with Crippen LogP contribution in [-0.4, -0.2) is 41.1 Å². The third kappa shape index (κ3) is 2.70. The maximum absolute atomic E-state index is 12.4. The molecule has 0 bridgehead atoms. The van der Waals surface area contributed by atoms with Crippen molar-refractivity contribution in [3.05, 3.63) is 24.0 Å². The third-order valence-electron chi connectivity index (χ3n) is 3.69. The monoisotopic (exact) mass is 309 g/mol. The molecular formula is C15H20ClN3O2. The molecular weight excluding hydrogens is 290 g/mol. The molecule has 0 aliphatic heterocycles. The molecule has 1 unspecified atom stereocenters. The van der Waals surface area contributed by atoms with Crippen LogP contribution in [0.4, 0.5) is 0 Å². The Morgan fingerprint density at radius 3 is 2.81 bits per heavy atom. The van der Waals surface area contributed by atoms with E-state index in [1.54, 1.807) is 19.1 Å². The zero-order valence-electron chi connectivity index (χ0n) is 12.8. The lowest BCUT2D eigenvalue weighted by Crippen LogP contribution is -2.33. The number of carbonyl (C=O) groups is 1. The summed E-state index contributed by atoms with van der Waals surface area (Å²) in [5.74, 6) is 1.62. The van der Waals surface area contributed by atoms with Crippen LogP contribution in [0.25, 0.3) is 11.0 Å². The van der Waals surface area contributed by atoms with Crippen molar-refractivity contribution in [1.82, 2.24) is 14.5 Å². The number of hydrogen-bond acceptors (Lipinski definition) is 3. The average molecular weight is 310 g/mol. The number of methoxy groups -OCH3 is 1. The lowest BCUT2D eigenvalue weighted by Gasteiger charge is -2.22. The van der Waals surface area contributed by atoms with Gasteiger partial charge in [0.15, 0.2) is 0 Å². The Bertz CT molecular complexity index is 654. The van der Waals surface area contributed by atoms with Crippen LogP contribution in [0.2, 0.25) is 0 Å². The molecule has 5 nitrogen and oxygen atoms in total. The van der Waals surface area contributed by atoms with Gasteiger partial charge in [-0.3, -0.25) is 4.79 Å². The van der Waals surface area contributed by atoms with E-state index in [-0.39, 0.29) is 17.8 Å². The molecule has 0 saturated heterocycles. The standard InChI is InChI=1S/C15H20ClN3O2/c1-5-18(3)15(20)10(2)19-11-7-6-8-12(21-4)14(11)17-13(19)9-16/h6-8,10H,5,9H2,1-4H3. The highest BCUT2D eigenvalue weighted by Crippen LogP contribution is 2.29. The Labute approximate surface area is 129 Å². The predicted octanol–water partition coefficient (Wildman–Crippen LogP) is 2.82. The molecule has 0 aliphatic rings. The molecule has 1 atom stereocenters. The fourth-order valence-corrected chi connectivity index (χ4v) is 2.60. The van der Waals surface area contributed by atoms with Gasteiger partial charge in [-0.2, -0.15) is 0 Å². The first-order valence-corrected chi connectivity index (χ1v) is 7.43. The van der Waals surface area contributed by atoms with Crippen molar-refractivity contribution >= 4 is 28.5 Å². The van der Waals surface area contributed by atoms with Crippen LogP contribution in [0.1, 0.15) is 25.7 Å². The number of benzene rings is 1. The number of amides is 1. The highest BCUT2D eigenvalue weighted by atomic mass is 35.5. The summed E-state index contributed by atoms with van der Waals surface area (Å²) in [6, 6.07) is 5.30. The van der Waals surface area contributed by atoms with Crippen LogP contribution in [0.5, 0.6) is 5.75 Å². The Morgan fingerprint density at radius 1 is 1.52 bits per heavy atom. The van der Waals surface area contributed by atoms with Gasteiger partial charge in [-0.15, -0.1) is 11.6 Å². The largest absolute Gasteiger partial charge is 0.494 e. The highest BCUT2D eigenvalue weighted by molar-refractivity contribution is 6.17. The zero-order chi connectivity index (χ0) is 15.6. The van der Waals surface area contributed by atoms with Gasteiger partial charge in [0.2, 0.25) is 5.91 Å². The maximum atomic E-state index is 12.4. The van der Waals surface area contributed by atoms with E-state index in [0.717, 1.165) is 11.0 Å². The van der Waals surface area contributed by atoms with Gasteiger partial charge < -0.3 is 14.2 Å². The van der Waals surface area contributed by atoms with Crippen LogP contribution in [-0.2, 0) is 10.7 Å². The molecule has 0 aliphatic carbocycles. The van der Waals surface area contributed by atoms with E-state index < -0.39 is 0 Å². The molecule has 2 rings (SSSR count). The number of rotatable bonds is 5. The normalized spacial score (nSPS) is 12.4. The number of ether oxygens (including phenoxy) is 1. The first kappa shape index (κ1) is 15.6. The molecule has 1 aromatic carbocycles. The quantitative estimate of drug-likeness (QED) is 0.798. The second kappa shape index (κ2) is 6.35. The number of alkyl halides is 1. The van der Waals surface area contributed by atoms with Crippen LogP contribution in [0.3, 0.4) is 0 Å². The topological polar surface area (TPSA) is 47.4 Å². The third-order valence-corrected chi connectivity index (χ3v) is 3.93. The minimum absolute atomic E-state index is 0.0333. The van der Waals surface area contributed by atoms with Crippen molar-refractivity contribution in [1.29, 1.82) is 0 Å². The van der Waals surface area contributed by atoms with Crippen LogP contribution in [0.15, 0.2) is 18.2 Å². The Hall–Kier alpha value is -1.75. The van der Waals surface area contributed by atoms with Gasteiger partial charge in [-0.05, 0) is 26.0 Å². The second-order valence-electron chi connectivity index (χ2n) is 4.89. The lowest BCUT2D eigenvalue weighted by atomic mass is 10.2. The van der Waals surface area contributed by atoms with Gasteiger partial charge in [0, 0.05) is 13.6 Å². The maximum Gasteiger partial charge on any atom is 0.245 e. The van der Waals surface area contributed by atoms with Gasteiger partial charge in [-0.1, -0.05) is 6.07 Å². The van der Waals surface area contributed by atoms with E-state index >= 15 is 0 Å². The van der Waals surface area contributed by atoms with Crippen molar-refractivity contribution in [2.75, 3.05) is 20.7 Å². The molecule has 0 N–H and O–H groups in total. The summed E-state index contributed by atoms with van der Waals surface area (Å²) in [6.45, 7) is 4.47. The number of likely N-dealkylation sites (N-methyl/N-ethyl adjacent to an activating group) is 1. The van der Waals surface area contributed by atoms with Gasteiger partial charge in [0.1, 0.15) is 23.1 Å². The van der Waals surface area contributed by atoms with Crippen molar-refractivity contribution in [2.45, 2.75) is 25.8 Å². The SMILES string of the molecule is CCN(C)C(=O)C(C)n1c(CCl)nc2c(OC)cccc21. The second-order valence-corrected chi connectivity index (χ2v) is 5.16. The fourth-order valence-electron chi connectivity index (χ4n) is 2.42. The van der Waals surface area contributed by atoms with E-state index in [1.165, 1.54) is 0 Å². The highest BCUT2D eigenvalue weighted by Gasteiger charge is 2.24. The van der Waals surface area contributed by atoms with E-state index in [2.05, 4.69) is 4.98 Å². The summed E-state index contributed by atoms with van der Waals surface area (Å²) < 4.78 is 7.22. The number of imidazole rings is 1. The molecule has 2 aromatic rings. The lowest BCUT2D eigenvalue weighted by molar-refractivity contribution is -0.132. The van der Waals surface area contributed by atoms with Crippen LogP contribution in [0, 0.1) is 0 Å². The average Bonchev–Trinajstić information content (AvgIpc) is 2.90. The molecule has 0 fully saturated rings. The first-order valence-electron chi connectivity index (χ1n) is 6.89. The number of hydrogen-bond donors (Lipinski definition) is 0. The molecule has 1 amide bonds. The molecule has 0 saturated carbocycles. The summed E-state index contributed by atoms with van der Waals surface area (Å²) in [6.07, 6.45) is 0.